The largest absolute Gasteiger partial charge is 0.464 e. The molecule has 4 aromatic rings. The minimum Gasteiger partial charge on any atom is -0.464 e. The lowest BCUT2D eigenvalue weighted by molar-refractivity contribution is 0.0595. The predicted molar refractivity (Wildman–Crippen MR) is 116 cm³/mol. The molecule has 0 aliphatic carbocycles. The second-order valence-corrected chi connectivity index (χ2v) is 7.19. The van der Waals surface area contributed by atoms with Gasteiger partial charge in [-0.25, -0.2) is 9.78 Å². The molecule has 1 aromatic heterocycles. The lowest BCUT2D eigenvalue weighted by Gasteiger charge is -2.13. The second-order valence-electron chi connectivity index (χ2n) is 6.31. The number of carbonyl (C=O) groups is 1. The molecule has 29 heavy (non-hydrogen) atoms. The third-order valence-electron chi connectivity index (χ3n) is 4.47. The molecule has 6 heteroatoms. The third-order valence-corrected chi connectivity index (χ3v) is 4.96. The maximum Gasteiger partial charge on any atom is 0.358 e. The van der Waals surface area contributed by atoms with Gasteiger partial charge in [-0.3, -0.25) is 4.57 Å². The number of halogens is 2. The van der Waals surface area contributed by atoms with Gasteiger partial charge in [0.15, 0.2) is 5.69 Å². The zero-order valence-electron chi connectivity index (χ0n) is 15.5. The average Bonchev–Trinajstić information content (AvgIpc) is 3.15. The van der Waals surface area contributed by atoms with E-state index in [1.165, 1.54) is 7.11 Å². The molecular formula is C23H16Cl2N2O2. The van der Waals surface area contributed by atoms with Gasteiger partial charge >= 0.3 is 5.97 Å². The fraction of sp³-hybridized carbons (Fsp3) is 0.0435. The summed E-state index contributed by atoms with van der Waals surface area (Å²) in [5, 5.41) is 1.18. The highest BCUT2D eigenvalue weighted by atomic mass is 35.5. The van der Waals surface area contributed by atoms with Gasteiger partial charge in [-0.2, -0.15) is 0 Å². The first-order chi connectivity index (χ1) is 14.1. The monoisotopic (exact) mass is 422 g/mol. The molecule has 0 saturated carbocycles. The van der Waals surface area contributed by atoms with Crippen molar-refractivity contribution < 1.29 is 9.53 Å². The van der Waals surface area contributed by atoms with Gasteiger partial charge in [0.2, 0.25) is 0 Å². The Morgan fingerprint density at radius 1 is 0.862 bits per heavy atom. The molecule has 4 nitrogen and oxygen atoms in total. The highest BCUT2D eigenvalue weighted by Crippen LogP contribution is 2.35. The Hall–Kier alpha value is -3.08. The average molecular weight is 423 g/mol. The Balaban J connectivity index is 2.09. The van der Waals surface area contributed by atoms with Crippen LogP contribution in [0.5, 0.6) is 0 Å². The minimum absolute atomic E-state index is 0.212. The van der Waals surface area contributed by atoms with Crippen molar-refractivity contribution in [3.63, 3.8) is 0 Å². The molecule has 0 atom stereocenters. The first-order valence-electron chi connectivity index (χ1n) is 8.87. The van der Waals surface area contributed by atoms with Crippen LogP contribution >= 0.6 is 23.2 Å². The number of benzene rings is 3. The van der Waals surface area contributed by atoms with Crippen molar-refractivity contribution >= 4 is 29.2 Å². The van der Waals surface area contributed by atoms with E-state index in [9.17, 15) is 4.79 Å². The molecule has 0 radical (unpaired) electrons. The fourth-order valence-electron chi connectivity index (χ4n) is 3.18. The standard InChI is InChI=1S/C23H16Cl2N2O2/c1-29-23(28)20-21(16-8-5-9-18(25)14-16)27(19-12-10-17(24)11-13-19)22(26-20)15-6-3-2-4-7-15/h2-14H,1H3. The summed E-state index contributed by atoms with van der Waals surface area (Å²) in [7, 11) is 1.34. The molecular weight excluding hydrogens is 407 g/mol. The van der Waals surface area contributed by atoms with Crippen LogP contribution in [-0.2, 0) is 4.74 Å². The molecule has 0 saturated heterocycles. The van der Waals surface area contributed by atoms with Gasteiger partial charge in [-0.1, -0.05) is 65.7 Å². The number of nitrogens with zero attached hydrogens (tertiary/aromatic N) is 2. The Kier molecular flexibility index (Phi) is 5.38. The minimum atomic E-state index is -0.523. The predicted octanol–water partition coefficient (Wildman–Crippen LogP) is 6.30. The Morgan fingerprint density at radius 2 is 1.55 bits per heavy atom. The molecule has 0 unspecified atom stereocenters. The van der Waals surface area contributed by atoms with Crippen molar-refractivity contribution in [1.82, 2.24) is 9.55 Å². The van der Waals surface area contributed by atoms with E-state index >= 15 is 0 Å². The molecule has 0 amide bonds. The summed E-state index contributed by atoms with van der Waals surface area (Å²) in [5.74, 6) is 0.0909. The van der Waals surface area contributed by atoms with E-state index in [1.54, 1.807) is 24.3 Å². The SMILES string of the molecule is COC(=O)c1nc(-c2ccccc2)n(-c2ccc(Cl)cc2)c1-c1cccc(Cl)c1. The summed E-state index contributed by atoms with van der Waals surface area (Å²) in [6.45, 7) is 0. The van der Waals surface area contributed by atoms with Gasteiger partial charge in [-0.05, 0) is 36.4 Å². The van der Waals surface area contributed by atoms with Crippen molar-refractivity contribution in [1.29, 1.82) is 0 Å². The van der Waals surface area contributed by atoms with Gasteiger partial charge < -0.3 is 4.74 Å². The number of ether oxygens (including phenoxy) is 1. The maximum atomic E-state index is 12.6. The summed E-state index contributed by atoms with van der Waals surface area (Å²) in [5.41, 5.74) is 3.23. The number of esters is 1. The first kappa shape index (κ1) is 19.2. The molecule has 0 aliphatic heterocycles. The second kappa shape index (κ2) is 8.11. The number of hydrogen-bond donors (Lipinski definition) is 0. The van der Waals surface area contributed by atoms with E-state index in [0.717, 1.165) is 16.8 Å². The number of imidazole rings is 1. The van der Waals surface area contributed by atoms with Crippen LogP contribution in [0.3, 0.4) is 0 Å². The van der Waals surface area contributed by atoms with E-state index in [0.29, 0.717) is 21.6 Å². The van der Waals surface area contributed by atoms with E-state index in [1.807, 2.05) is 59.2 Å². The Morgan fingerprint density at radius 3 is 2.21 bits per heavy atom. The van der Waals surface area contributed by atoms with Gasteiger partial charge in [0.25, 0.3) is 0 Å². The number of rotatable bonds is 4. The maximum absolute atomic E-state index is 12.6. The van der Waals surface area contributed by atoms with Crippen molar-refractivity contribution in [3.05, 3.63) is 94.6 Å². The molecule has 144 valence electrons. The van der Waals surface area contributed by atoms with Crippen molar-refractivity contribution in [2.24, 2.45) is 0 Å². The summed E-state index contributed by atoms with van der Waals surface area (Å²) in [6, 6.07) is 24.3. The molecule has 0 aliphatic rings. The van der Waals surface area contributed by atoms with Gasteiger partial charge in [0.1, 0.15) is 5.82 Å². The van der Waals surface area contributed by atoms with Crippen molar-refractivity contribution in [3.8, 4) is 28.3 Å². The lowest BCUT2D eigenvalue weighted by Crippen LogP contribution is -2.05. The van der Waals surface area contributed by atoms with Crippen LogP contribution < -0.4 is 0 Å². The number of methoxy groups -OCH3 is 1. The summed E-state index contributed by atoms with van der Waals surface area (Å²) in [6.07, 6.45) is 0. The van der Waals surface area contributed by atoms with E-state index in [-0.39, 0.29) is 5.69 Å². The van der Waals surface area contributed by atoms with Gasteiger partial charge in [-0.15, -0.1) is 0 Å². The molecule has 4 rings (SSSR count). The number of hydrogen-bond acceptors (Lipinski definition) is 3. The van der Waals surface area contributed by atoms with Crippen LogP contribution in [0.4, 0.5) is 0 Å². The van der Waals surface area contributed by atoms with Crippen LogP contribution in [0, 0.1) is 0 Å². The quantitative estimate of drug-likeness (QED) is 0.362. The van der Waals surface area contributed by atoms with Crippen LogP contribution in [0.15, 0.2) is 78.9 Å². The van der Waals surface area contributed by atoms with E-state index < -0.39 is 5.97 Å². The summed E-state index contributed by atoms with van der Waals surface area (Å²) < 4.78 is 6.94. The molecule has 3 aromatic carbocycles. The van der Waals surface area contributed by atoms with Crippen molar-refractivity contribution in [2.75, 3.05) is 7.11 Å². The van der Waals surface area contributed by atoms with E-state index in [2.05, 4.69) is 4.98 Å². The summed E-state index contributed by atoms with van der Waals surface area (Å²) >= 11 is 12.3. The molecule has 0 fully saturated rings. The van der Waals surface area contributed by atoms with Gasteiger partial charge in [0.05, 0.1) is 12.8 Å². The van der Waals surface area contributed by atoms with Crippen LogP contribution in [-0.4, -0.2) is 22.6 Å². The molecule has 0 bridgehead atoms. The normalized spacial score (nSPS) is 10.7. The number of aromatic nitrogens is 2. The zero-order chi connectivity index (χ0) is 20.4. The lowest BCUT2D eigenvalue weighted by atomic mass is 10.1. The highest BCUT2D eigenvalue weighted by Gasteiger charge is 2.26. The van der Waals surface area contributed by atoms with Crippen LogP contribution in [0.2, 0.25) is 10.0 Å². The third kappa shape index (κ3) is 3.77. The zero-order valence-corrected chi connectivity index (χ0v) is 17.0. The molecule has 0 N–H and O–H groups in total. The topological polar surface area (TPSA) is 44.1 Å². The van der Waals surface area contributed by atoms with E-state index in [4.69, 9.17) is 27.9 Å². The van der Waals surface area contributed by atoms with Crippen LogP contribution in [0.25, 0.3) is 28.3 Å². The Bertz CT molecular complexity index is 1170. The number of carbonyl (C=O) groups excluding carboxylic acids is 1. The first-order valence-corrected chi connectivity index (χ1v) is 9.62. The van der Waals surface area contributed by atoms with Crippen LogP contribution in [0.1, 0.15) is 10.5 Å². The smallest absolute Gasteiger partial charge is 0.358 e. The Labute approximate surface area is 178 Å². The van der Waals surface area contributed by atoms with Gasteiger partial charge in [0, 0.05) is 26.9 Å². The molecule has 0 spiro atoms. The molecule has 1 heterocycles. The highest BCUT2D eigenvalue weighted by molar-refractivity contribution is 6.31. The summed E-state index contributed by atoms with van der Waals surface area (Å²) in [4.78, 5) is 17.3. The fourth-order valence-corrected chi connectivity index (χ4v) is 3.50. The van der Waals surface area contributed by atoms with Crippen molar-refractivity contribution in [2.45, 2.75) is 0 Å².